The molecule has 0 bridgehead atoms. The second-order valence-electron chi connectivity index (χ2n) is 5.50. The molecule has 1 amide bonds. The third kappa shape index (κ3) is 3.12. The van der Waals surface area contributed by atoms with Gasteiger partial charge in [-0.3, -0.25) is 9.59 Å². The molecule has 0 saturated heterocycles. The van der Waals surface area contributed by atoms with Crippen LogP contribution in [0.15, 0.2) is 47.4 Å². The van der Waals surface area contributed by atoms with Crippen molar-refractivity contribution in [2.75, 3.05) is 0 Å². The highest BCUT2D eigenvalue weighted by Crippen LogP contribution is 2.04. The fourth-order valence-corrected chi connectivity index (χ4v) is 1.75. The van der Waals surface area contributed by atoms with Gasteiger partial charge in [0.2, 0.25) is 0 Å². The summed E-state index contributed by atoms with van der Waals surface area (Å²) in [6, 6.07) is 10.4. The van der Waals surface area contributed by atoms with Gasteiger partial charge in [0.1, 0.15) is 5.56 Å². The van der Waals surface area contributed by atoms with Crippen molar-refractivity contribution < 1.29 is 4.79 Å². The van der Waals surface area contributed by atoms with Gasteiger partial charge in [-0.2, -0.15) is 9.78 Å². The predicted molar refractivity (Wildman–Crippen MR) is 77.1 cm³/mol. The summed E-state index contributed by atoms with van der Waals surface area (Å²) in [5.74, 6) is -0.394. The number of hydrogen-bond donors (Lipinski definition) is 1. The number of nitrogens with one attached hydrogen (secondary N) is 1. The Morgan fingerprint density at radius 1 is 1.15 bits per heavy atom. The fourth-order valence-electron chi connectivity index (χ4n) is 1.75. The first kappa shape index (κ1) is 14.0. The third-order valence-corrected chi connectivity index (χ3v) is 2.58. The van der Waals surface area contributed by atoms with Gasteiger partial charge in [-0.05, 0) is 39.0 Å². The average molecular weight is 271 g/mol. The SMILES string of the molecule is CC(C)(C)NC(=O)c1ccnn(-c2ccccc2)c1=O. The van der Waals surface area contributed by atoms with E-state index in [-0.39, 0.29) is 5.56 Å². The Balaban J connectivity index is 2.44. The Labute approximate surface area is 117 Å². The van der Waals surface area contributed by atoms with E-state index in [1.807, 2.05) is 39.0 Å². The zero-order chi connectivity index (χ0) is 14.8. The first-order valence-electron chi connectivity index (χ1n) is 6.35. The van der Waals surface area contributed by atoms with Crippen molar-refractivity contribution in [1.82, 2.24) is 15.1 Å². The van der Waals surface area contributed by atoms with Crippen LogP contribution in [0.5, 0.6) is 0 Å². The maximum atomic E-state index is 12.3. The van der Waals surface area contributed by atoms with E-state index in [0.29, 0.717) is 5.69 Å². The molecule has 5 nitrogen and oxygen atoms in total. The van der Waals surface area contributed by atoms with Gasteiger partial charge in [-0.15, -0.1) is 0 Å². The molecule has 0 aliphatic carbocycles. The van der Waals surface area contributed by atoms with Crippen molar-refractivity contribution in [2.24, 2.45) is 0 Å². The lowest BCUT2D eigenvalue weighted by Gasteiger charge is -2.20. The number of amides is 1. The van der Waals surface area contributed by atoms with E-state index in [4.69, 9.17) is 0 Å². The monoisotopic (exact) mass is 271 g/mol. The third-order valence-electron chi connectivity index (χ3n) is 2.58. The van der Waals surface area contributed by atoms with E-state index in [9.17, 15) is 9.59 Å². The molecule has 0 spiro atoms. The van der Waals surface area contributed by atoms with Crippen LogP contribution in [0.4, 0.5) is 0 Å². The Hall–Kier alpha value is -2.43. The molecule has 0 aliphatic heterocycles. The van der Waals surface area contributed by atoms with E-state index >= 15 is 0 Å². The minimum atomic E-state index is -0.430. The van der Waals surface area contributed by atoms with Gasteiger partial charge in [-0.1, -0.05) is 18.2 Å². The molecule has 0 aliphatic rings. The molecular weight excluding hydrogens is 254 g/mol. The van der Waals surface area contributed by atoms with Crippen molar-refractivity contribution in [1.29, 1.82) is 0 Å². The largest absolute Gasteiger partial charge is 0.347 e. The van der Waals surface area contributed by atoms with Crippen LogP contribution in [0.2, 0.25) is 0 Å². The van der Waals surface area contributed by atoms with Gasteiger partial charge in [0.05, 0.1) is 5.69 Å². The quantitative estimate of drug-likeness (QED) is 0.905. The minimum Gasteiger partial charge on any atom is -0.347 e. The van der Waals surface area contributed by atoms with Crippen LogP contribution in [0.3, 0.4) is 0 Å². The molecule has 0 unspecified atom stereocenters. The second kappa shape index (κ2) is 5.28. The molecule has 0 saturated carbocycles. The van der Waals surface area contributed by atoms with Gasteiger partial charge in [0.15, 0.2) is 0 Å². The molecule has 0 radical (unpaired) electrons. The number of para-hydroxylation sites is 1. The Morgan fingerprint density at radius 2 is 1.80 bits per heavy atom. The van der Waals surface area contributed by atoms with Crippen LogP contribution in [0, 0.1) is 0 Å². The maximum Gasteiger partial charge on any atom is 0.284 e. The summed E-state index contributed by atoms with van der Waals surface area (Å²) in [6.07, 6.45) is 1.45. The highest BCUT2D eigenvalue weighted by atomic mass is 16.2. The first-order chi connectivity index (χ1) is 9.38. The number of nitrogens with zero attached hydrogens (tertiary/aromatic N) is 2. The number of rotatable bonds is 2. The van der Waals surface area contributed by atoms with E-state index in [2.05, 4.69) is 10.4 Å². The molecule has 104 valence electrons. The van der Waals surface area contributed by atoms with E-state index in [0.717, 1.165) is 0 Å². The van der Waals surface area contributed by atoms with E-state index in [1.165, 1.54) is 16.9 Å². The highest BCUT2D eigenvalue weighted by Gasteiger charge is 2.19. The lowest BCUT2D eigenvalue weighted by Crippen LogP contribution is -2.43. The summed E-state index contributed by atoms with van der Waals surface area (Å²) in [5, 5.41) is 6.79. The molecule has 20 heavy (non-hydrogen) atoms. The molecule has 1 aromatic heterocycles. The van der Waals surface area contributed by atoms with Crippen molar-refractivity contribution in [3.8, 4) is 5.69 Å². The molecule has 0 atom stereocenters. The summed E-state index contributed by atoms with van der Waals surface area (Å²) in [7, 11) is 0. The number of carbonyl (C=O) groups excluding carboxylic acids is 1. The Kier molecular flexibility index (Phi) is 3.70. The van der Waals surface area contributed by atoms with Crippen LogP contribution < -0.4 is 10.9 Å². The molecule has 2 aromatic rings. The van der Waals surface area contributed by atoms with Crippen molar-refractivity contribution in [2.45, 2.75) is 26.3 Å². The van der Waals surface area contributed by atoms with Crippen molar-refractivity contribution in [3.05, 3.63) is 58.5 Å². The molecule has 5 heteroatoms. The smallest absolute Gasteiger partial charge is 0.284 e. The number of aromatic nitrogens is 2. The maximum absolute atomic E-state index is 12.3. The van der Waals surface area contributed by atoms with Crippen LogP contribution in [0.25, 0.3) is 5.69 Å². The van der Waals surface area contributed by atoms with Crippen molar-refractivity contribution in [3.63, 3.8) is 0 Å². The van der Waals surface area contributed by atoms with Crippen molar-refractivity contribution >= 4 is 5.91 Å². The van der Waals surface area contributed by atoms with Gasteiger partial charge >= 0.3 is 0 Å². The predicted octanol–water partition coefficient (Wildman–Crippen LogP) is 1.76. The Morgan fingerprint density at radius 3 is 2.40 bits per heavy atom. The van der Waals surface area contributed by atoms with Gasteiger partial charge in [0.25, 0.3) is 11.5 Å². The fraction of sp³-hybridized carbons (Fsp3) is 0.267. The first-order valence-corrected chi connectivity index (χ1v) is 6.35. The standard InChI is InChI=1S/C15H17N3O2/c1-15(2,3)17-13(19)12-9-10-16-18(14(12)20)11-7-5-4-6-8-11/h4-10H,1-3H3,(H,17,19). The van der Waals surface area contributed by atoms with Gasteiger partial charge < -0.3 is 5.32 Å². The van der Waals surface area contributed by atoms with Crippen LogP contribution in [0.1, 0.15) is 31.1 Å². The lowest BCUT2D eigenvalue weighted by atomic mass is 10.1. The number of hydrogen-bond acceptors (Lipinski definition) is 3. The van der Waals surface area contributed by atoms with E-state index in [1.54, 1.807) is 12.1 Å². The van der Waals surface area contributed by atoms with Crippen LogP contribution >= 0.6 is 0 Å². The average Bonchev–Trinajstić information content (AvgIpc) is 2.38. The zero-order valence-electron chi connectivity index (χ0n) is 11.8. The summed E-state index contributed by atoms with van der Waals surface area (Å²) in [5.41, 5.74) is -0.119. The molecule has 1 heterocycles. The summed E-state index contributed by atoms with van der Waals surface area (Å²) < 4.78 is 1.22. The normalized spacial score (nSPS) is 11.2. The van der Waals surface area contributed by atoms with Gasteiger partial charge in [-0.25, -0.2) is 0 Å². The summed E-state index contributed by atoms with van der Waals surface area (Å²) in [6.45, 7) is 5.59. The van der Waals surface area contributed by atoms with Crippen LogP contribution in [-0.4, -0.2) is 21.2 Å². The highest BCUT2D eigenvalue weighted by molar-refractivity contribution is 5.94. The molecule has 0 fully saturated rings. The minimum absolute atomic E-state index is 0.0822. The summed E-state index contributed by atoms with van der Waals surface area (Å²) >= 11 is 0. The molecule has 1 N–H and O–H groups in total. The number of benzene rings is 1. The van der Waals surface area contributed by atoms with Crippen LogP contribution in [-0.2, 0) is 0 Å². The van der Waals surface area contributed by atoms with E-state index < -0.39 is 17.0 Å². The summed E-state index contributed by atoms with van der Waals surface area (Å²) in [4.78, 5) is 24.4. The zero-order valence-corrected chi connectivity index (χ0v) is 11.8. The second-order valence-corrected chi connectivity index (χ2v) is 5.50. The molecule has 2 rings (SSSR count). The topological polar surface area (TPSA) is 64.0 Å². The van der Waals surface area contributed by atoms with Gasteiger partial charge in [0, 0.05) is 11.7 Å². The molecule has 1 aromatic carbocycles. The number of carbonyl (C=O) groups is 1. The molecular formula is C15H17N3O2. The lowest BCUT2D eigenvalue weighted by molar-refractivity contribution is 0.0917. The Bertz CT molecular complexity index is 670.